The molecule has 0 aliphatic heterocycles. The van der Waals surface area contributed by atoms with Crippen LogP contribution in [0.3, 0.4) is 0 Å². The third kappa shape index (κ3) is 4.81. The second-order valence-electron chi connectivity index (χ2n) is 5.89. The first kappa shape index (κ1) is 17.0. The summed E-state index contributed by atoms with van der Waals surface area (Å²) in [4.78, 5) is 12.3. The number of carbonyl (C=O) groups excluding carboxylic acids is 1. The molecule has 2 aromatic carbocycles. The van der Waals surface area contributed by atoms with Crippen LogP contribution in [0.5, 0.6) is 0 Å². The summed E-state index contributed by atoms with van der Waals surface area (Å²) in [6.45, 7) is 3.37. The van der Waals surface area contributed by atoms with Crippen molar-refractivity contribution in [2.75, 3.05) is 0 Å². The predicted octanol–water partition coefficient (Wildman–Crippen LogP) is 4.23. The van der Waals surface area contributed by atoms with Crippen LogP contribution in [0.4, 0.5) is 0 Å². The van der Waals surface area contributed by atoms with Crippen LogP contribution < -0.4 is 5.32 Å². The van der Waals surface area contributed by atoms with Crippen LogP contribution in [0.25, 0.3) is 0 Å². The molecule has 1 aromatic heterocycles. The Balaban J connectivity index is 1.53. The minimum atomic E-state index is -0.0578. The predicted molar refractivity (Wildman–Crippen MR) is 96.0 cm³/mol. The zero-order valence-electron chi connectivity index (χ0n) is 14.2. The van der Waals surface area contributed by atoms with Gasteiger partial charge < -0.3 is 14.5 Å². The summed E-state index contributed by atoms with van der Waals surface area (Å²) in [7, 11) is 0. The maximum atomic E-state index is 12.3. The fourth-order valence-corrected chi connectivity index (χ4v) is 2.60. The second kappa shape index (κ2) is 8.31. The topological polar surface area (TPSA) is 51.5 Å². The maximum Gasteiger partial charge on any atom is 0.251 e. The van der Waals surface area contributed by atoms with E-state index in [9.17, 15) is 4.79 Å². The molecule has 0 saturated carbocycles. The molecule has 0 bridgehead atoms. The summed E-state index contributed by atoms with van der Waals surface area (Å²) in [5.74, 6) is 0.749. The smallest absolute Gasteiger partial charge is 0.251 e. The molecule has 0 aliphatic carbocycles. The molecule has 0 spiro atoms. The molecule has 0 atom stereocenters. The molecule has 25 heavy (non-hydrogen) atoms. The van der Waals surface area contributed by atoms with Gasteiger partial charge in [-0.25, -0.2) is 0 Å². The number of benzene rings is 2. The molecule has 1 amide bonds. The molecular weight excluding hydrogens is 314 g/mol. The van der Waals surface area contributed by atoms with Gasteiger partial charge in [0.25, 0.3) is 5.91 Å². The summed E-state index contributed by atoms with van der Waals surface area (Å²) < 4.78 is 10.9. The first-order valence-electron chi connectivity index (χ1n) is 8.24. The molecule has 0 fully saturated rings. The average molecular weight is 335 g/mol. The molecule has 4 heteroatoms. The van der Waals surface area contributed by atoms with Gasteiger partial charge in [0.2, 0.25) is 0 Å². The van der Waals surface area contributed by atoms with Gasteiger partial charge in [-0.1, -0.05) is 42.5 Å². The van der Waals surface area contributed by atoms with Crippen LogP contribution in [0, 0.1) is 6.92 Å². The van der Waals surface area contributed by atoms with Crippen LogP contribution in [0.2, 0.25) is 0 Å². The van der Waals surface area contributed by atoms with E-state index in [1.807, 2.05) is 67.6 Å². The Hall–Kier alpha value is -2.85. The van der Waals surface area contributed by atoms with Gasteiger partial charge in [0, 0.05) is 12.1 Å². The van der Waals surface area contributed by atoms with E-state index in [1.54, 1.807) is 6.26 Å². The van der Waals surface area contributed by atoms with E-state index in [-0.39, 0.29) is 5.91 Å². The second-order valence-corrected chi connectivity index (χ2v) is 5.89. The summed E-state index contributed by atoms with van der Waals surface area (Å²) in [6, 6.07) is 19.3. The number of aryl methyl sites for hydroxylation is 1. The van der Waals surface area contributed by atoms with Crippen molar-refractivity contribution in [1.29, 1.82) is 0 Å². The molecule has 0 unspecified atom stereocenters. The zero-order valence-corrected chi connectivity index (χ0v) is 14.2. The number of ether oxygens (including phenoxy) is 1. The maximum absolute atomic E-state index is 12.3. The Morgan fingerprint density at radius 2 is 1.84 bits per heavy atom. The summed E-state index contributed by atoms with van der Waals surface area (Å²) >= 11 is 0. The molecular formula is C21H21NO3. The first-order valence-corrected chi connectivity index (χ1v) is 8.24. The fourth-order valence-electron chi connectivity index (χ4n) is 2.60. The van der Waals surface area contributed by atoms with Crippen molar-refractivity contribution < 1.29 is 13.9 Å². The lowest BCUT2D eigenvalue weighted by Gasteiger charge is -2.09. The number of hydrogen-bond acceptors (Lipinski definition) is 3. The number of nitrogens with one attached hydrogen (secondary N) is 1. The normalized spacial score (nSPS) is 10.6. The Morgan fingerprint density at radius 3 is 2.64 bits per heavy atom. The third-order valence-corrected chi connectivity index (χ3v) is 3.93. The van der Waals surface area contributed by atoms with Crippen molar-refractivity contribution in [2.45, 2.75) is 26.7 Å². The van der Waals surface area contributed by atoms with E-state index in [0.717, 1.165) is 22.5 Å². The average Bonchev–Trinajstić information content (AvgIpc) is 3.14. The van der Waals surface area contributed by atoms with Crippen molar-refractivity contribution in [3.05, 3.63) is 94.9 Å². The van der Waals surface area contributed by atoms with Gasteiger partial charge in [0.05, 0.1) is 12.9 Å². The molecule has 4 nitrogen and oxygen atoms in total. The monoisotopic (exact) mass is 335 g/mol. The van der Waals surface area contributed by atoms with E-state index >= 15 is 0 Å². The SMILES string of the molecule is Cc1ccccc1C(=O)NCc1cccc(COCc2ccco2)c1. The third-order valence-electron chi connectivity index (χ3n) is 3.93. The van der Waals surface area contributed by atoms with Crippen molar-refractivity contribution in [3.63, 3.8) is 0 Å². The zero-order chi connectivity index (χ0) is 17.5. The molecule has 3 rings (SSSR count). The van der Waals surface area contributed by atoms with E-state index in [1.165, 1.54) is 0 Å². The van der Waals surface area contributed by atoms with Crippen LogP contribution in [-0.2, 0) is 24.5 Å². The van der Waals surface area contributed by atoms with Gasteiger partial charge in [0.15, 0.2) is 0 Å². The van der Waals surface area contributed by atoms with E-state index in [0.29, 0.717) is 25.3 Å². The standard InChI is InChI=1S/C21H21NO3/c1-16-6-2-3-10-20(16)21(23)22-13-17-7-4-8-18(12-17)14-24-15-19-9-5-11-25-19/h2-12H,13-15H2,1H3,(H,22,23). The van der Waals surface area contributed by atoms with Crippen LogP contribution in [0.15, 0.2) is 71.3 Å². The van der Waals surface area contributed by atoms with Gasteiger partial charge in [-0.2, -0.15) is 0 Å². The van der Waals surface area contributed by atoms with E-state index in [2.05, 4.69) is 5.32 Å². The number of hydrogen-bond donors (Lipinski definition) is 1. The Kier molecular flexibility index (Phi) is 5.65. The van der Waals surface area contributed by atoms with E-state index in [4.69, 9.17) is 9.15 Å². The van der Waals surface area contributed by atoms with Gasteiger partial charge in [0.1, 0.15) is 12.4 Å². The highest BCUT2D eigenvalue weighted by Crippen LogP contribution is 2.10. The number of furan rings is 1. The van der Waals surface area contributed by atoms with Crippen molar-refractivity contribution >= 4 is 5.91 Å². The minimum Gasteiger partial charge on any atom is -0.467 e. The summed E-state index contributed by atoms with van der Waals surface area (Å²) in [5.41, 5.74) is 3.79. The van der Waals surface area contributed by atoms with Gasteiger partial charge in [-0.3, -0.25) is 4.79 Å². The molecule has 1 heterocycles. The lowest BCUT2D eigenvalue weighted by molar-refractivity contribution is 0.0928. The Bertz CT molecular complexity index is 825. The molecule has 1 N–H and O–H groups in total. The van der Waals surface area contributed by atoms with Crippen LogP contribution in [0.1, 0.15) is 32.8 Å². The van der Waals surface area contributed by atoms with Crippen LogP contribution in [-0.4, -0.2) is 5.91 Å². The van der Waals surface area contributed by atoms with Crippen molar-refractivity contribution in [2.24, 2.45) is 0 Å². The summed E-state index contributed by atoms with van der Waals surface area (Å²) in [6.07, 6.45) is 1.64. The largest absolute Gasteiger partial charge is 0.467 e. The highest BCUT2D eigenvalue weighted by atomic mass is 16.5. The van der Waals surface area contributed by atoms with Gasteiger partial charge in [-0.15, -0.1) is 0 Å². The quantitative estimate of drug-likeness (QED) is 0.703. The number of carbonyl (C=O) groups is 1. The lowest BCUT2D eigenvalue weighted by atomic mass is 10.1. The number of amides is 1. The van der Waals surface area contributed by atoms with Crippen molar-refractivity contribution in [1.82, 2.24) is 5.32 Å². The fraction of sp³-hybridized carbons (Fsp3) is 0.190. The first-order chi connectivity index (χ1) is 12.2. The molecule has 0 aliphatic rings. The molecule has 3 aromatic rings. The van der Waals surface area contributed by atoms with Crippen molar-refractivity contribution in [3.8, 4) is 0 Å². The van der Waals surface area contributed by atoms with E-state index < -0.39 is 0 Å². The molecule has 0 radical (unpaired) electrons. The van der Waals surface area contributed by atoms with Gasteiger partial charge >= 0.3 is 0 Å². The summed E-state index contributed by atoms with van der Waals surface area (Å²) in [5, 5.41) is 2.97. The molecule has 0 saturated heterocycles. The highest BCUT2D eigenvalue weighted by Gasteiger charge is 2.07. The Morgan fingerprint density at radius 1 is 1.00 bits per heavy atom. The Labute approximate surface area is 147 Å². The van der Waals surface area contributed by atoms with Gasteiger partial charge in [-0.05, 0) is 41.8 Å². The molecule has 128 valence electrons. The van der Waals surface area contributed by atoms with Crippen LogP contribution >= 0.6 is 0 Å². The highest BCUT2D eigenvalue weighted by molar-refractivity contribution is 5.95. The lowest BCUT2D eigenvalue weighted by Crippen LogP contribution is -2.23. The number of rotatable bonds is 7. The minimum absolute atomic E-state index is 0.0578.